The molecule has 0 fully saturated rings. The van der Waals surface area contributed by atoms with E-state index in [4.69, 9.17) is 0 Å². The second-order valence-electron chi connectivity index (χ2n) is 5.28. The first kappa shape index (κ1) is 14.7. The topological polar surface area (TPSA) is 29.1 Å². The van der Waals surface area contributed by atoms with Crippen molar-refractivity contribution < 1.29 is 4.79 Å². The fourth-order valence-electron chi connectivity index (χ4n) is 2.24. The summed E-state index contributed by atoms with van der Waals surface area (Å²) in [7, 11) is 0. The molecule has 0 aliphatic heterocycles. The lowest BCUT2D eigenvalue weighted by Crippen LogP contribution is -2.33. The molecule has 0 heterocycles. The van der Waals surface area contributed by atoms with Crippen molar-refractivity contribution in [2.75, 3.05) is 0 Å². The number of nitrogens with one attached hydrogen (secondary N) is 1. The fourth-order valence-corrected chi connectivity index (χ4v) is 2.24. The van der Waals surface area contributed by atoms with Crippen molar-refractivity contribution in [3.8, 4) is 0 Å². The molecule has 1 aromatic carbocycles. The minimum Gasteiger partial charge on any atom is -0.350 e. The van der Waals surface area contributed by atoms with E-state index < -0.39 is 0 Å². The van der Waals surface area contributed by atoms with Gasteiger partial charge < -0.3 is 5.32 Å². The molecule has 0 spiro atoms. The van der Waals surface area contributed by atoms with E-state index in [9.17, 15) is 4.79 Å². The molecule has 0 aromatic heterocycles. The van der Waals surface area contributed by atoms with Gasteiger partial charge in [0.1, 0.15) is 0 Å². The minimum absolute atomic E-state index is 0.0607. The first-order valence-electron chi connectivity index (χ1n) is 6.69. The van der Waals surface area contributed by atoms with Crippen molar-refractivity contribution in [1.29, 1.82) is 0 Å². The van der Waals surface area contributed by atoms with Crippen LogP contribution in [0.3, 0.4) is 0 Å². The summed E-state index contributed by atoms with van der Waals surface area (Å²) in [6.07, 6.45) is 0.952. The van der Waals surface area contributed by atoms with Crippen molar-refractivity contribution in [1.82, 2.24) is 5.32 Å². The molecule has 2 heteroatoms. The normalized spacial score (nSPS) is 12.4. The Morgan fingerprint density at radius 3 is 1.72 bits per heavy atom. The fraction of sp³-hybridized carbons (Fsp3) is 0.562. The van der Waals surface area contributed by atoms with Crippen LogP contribution in [-0.4, -0.2) is 11.9 Å². The molecule has 1 atom stereocenters. The molecule has 0 saturated heterocycles. The molecule has 0 aliphatic carbocycles. The number of carbonyl (C=O) groups excluding carboxylic acids is 1. The Morgan fingerprint density at radius 1 is 0.944 bits per heavy atom. The summed E-state index contributed by atoms with van der Waals surface area (Å²) in [5.41, 5.74) is 6.83. The highest BCUT2D eigenvalue weighted by atomic mass is 16.1. The van der Waals surface area contributed by atoms with Gasteiger partial charge in [0.05, 0.1) is 0 Å². The summed E-state index contributed by atoms with van der Waals surface area (Å²) in [5, 5.41) is 3.06. The molecule has 1 amide bonds. The molecule has 1 rings (SSSR count). The summed E-state index contributed by atoms with van der Waals surface area (Å²) in [5.74, 6) is 0.0607. The van der Waals surface area contributed by atoms with E-state index in [1.54, 1.807) is 0 Å². The van der Waals surface area contributed by atoms with Crippen molar-refractivity contribution in [3.63, 3.8) is 0 Å². The van der Waals surface area contributed by atoms with Gasteiger partial charge in [-0.05, 0) is 75.8 Å². The third kappa shape index (κ3) is 2.58. The van der Waals surface area contributed by atoms with Crippen LogP contribution in [0.25, 0.3) is 0 Å². The molecule has 1 N–H and O–H groups in total. The largest absolute Gasteiger partial charge is 0.350 e. The summed E-state index contributed by atoms with van der Waals surface area (Å²) in [6, 6.07) is 0.221. The molecular formula is C16H25NO. The quantitative estimate of drug-likeness (QED) is 0.865. The Kier molecular flexibility index (Phi) is 4.55. The van der Waals surface area contributed by atoms with Crippen molar-refractivity contribution in [3.05, 3.63) is 33.4 Å². The highest BCUT2D eigenvalue weighted by molar-refractivity contribution is 5.98. The third-order valence-electron chi connectivity index (χ3n) is 4.22. The average molecular weight is 247 g/mol. The van der Waals surface area contributed by atoms with E-state index in [-0.39, 0.29) is 11.9 Å². The van der Waals surface area contributed by atoms with Crippen LogP contribution in [-0.2, 0) is 0 Å². The van der Waals surface area contributed by atoms with Gasteiger partial charge in [0.2, 0.25) is 0 Å². The lowest BCUT2D eigenvalue weighted by molar-refractivity contribution is 0.0938. The first-order valence-corrected chi connectivity index (χ1v) is 6.69. The zero-order valence-corrected chi connectivity index (χ0v) is 12.7. The molecule has 1 aromatic rings. The molecule has 0 radical (unpaired) electrons. The van der Waals surface area contributed by atoms with E-state index in [0.717, 1.165) is 23.1 Å². The van der Waals surface area contributed by atoms with E-state index >= 15 is 0 Å². The van der Waals surface area contributed by atoms with Crippen molar-refractivity contribution >= 4 is 5.91 Å². The summed E-state index contributed by atoms with van der Waals surface area (Å²) in [6.45, 7) is 14.5. The molecule has 0 bridgehead atoms. The highest BCUT2D eigenvalue weighted by Gasteiger charge is 2.18. The number of rotatable bonds is 3. The second-order valence-corrected chi connectivity index (χ2v) is 5.28. The number of benzene rings is 1. The van der Waals surface area contributed by atoms with E-state index in [1.807, 2.05) is 20.8 Å². The lowest BCUT2D eigenvalue weighted by atomic mass is 9.89. The van der Waals surface area contributed by atoms with Crippen LogP contribution < -0.4 is 5.32 Å². The van der Waals surface area contributed by atoms with Crippen LogP contribution in [0.4, 0.5) is 0 Å². The van der Waals surface area contributed by atoms with Gasteiger partial charge in [-0.25, -0.2) is 0 Å². The van der Waals surface area contributed by atoms with E-state index in [0.29, 0.717) is 0 Å². The van der Waals surface area contributed by atoms with Gasteiger partial charge in [-0.2, -0.15) is 0 Å². The molecule has 0 aliphatic rings. The SMILES string of the molecule is CC[C@H](C)NC(=O)c1c(C)c(C)c(C)c(C)c1C. The molecule has 100 valence electrons. The van der Waals surface area contributed by atoms with Crippen LogP contribution in [0.5, 0.6) is 0 Å². The molecule has 0 saturated carbocycles. The molecule has 18 heavy (non-hydrogen) atoms. The van der Waals surface area contributed by atoms with Crippen molar-refractivity contribution in [2.24, 2.45) is 0 Å². The second kappa shape index (κ2) is 5.55. The Balaban J connectivity index is 3.29. The lowest BCUT2D eigenvalue weighted by Gasteiger charge is -2.20. The Bertz CT molecular complexity index is 445. The highest BCUT2D eigenvalue weighted by Crippen LogP contribution is 2.26. The monoisotopic (exact) mass is 247 g/mol. The van der Waals surface area contributed by atoms with Crippen LogP contribution in [0.2, 0.25) is 0 Å². The van der Waals surface area contributed by atoms with Gasteiger partial charge in [-0.15, -0.1) is 0 Å². The minimum atomic E-state index is 0.0607. The van der Waals surface area contributed by atoms with Gasteiger partial charge in [0.25, 0.3) is 5.91 Å². The van der Waals surface area contributed by atoms with Gasteiger partial charge in [0.15, 0.2) is 0 Å². The van der Waals surface area contributed by atoms with Gasteiger partial charge in [-0.3, -0.25) is 4.79 Å². The van der Waals surface area contributed by atoms with Gasteiger partial charge in [0, 0.05) is 11.6 Å². The summed E-state index contributed by atoms with van der Waals surface area (Å²) in [4.78, 5) is 12.4. The predicted molar refractivity (Wildman–Crippen MR) is 77.3 cm³/mol. The zero-order chi connectivity index (χ0) is 14.0. The third-order valence-corrected chi connectivity index (χ3v) is 4.22. The average Bonchev–Trinajstić information content (AvgIpc) is 2.34. The van der Waals surface area contributed by atoms with Crippen LogP contribution in [0.1, 0.15) is 58.4 Å². The van der Waals surface area contributed by atoms with Crippen LogP contribution in [0.15, 0.2) is 0 Å². The first-order chi connectivity index (χ1) is 8.31. The Morgan fingerprint density at radius 2 is 1.33 bits per heavy atom. The molecular weight excluding hydrogens is 222 g/mol. The number of hydrogen-bond donors (Lipinski definition) is 1. The zero-order valence-electron chi connectivity index (χ0n) is 12.7. The maximum Gasteiger partial charge on any atom is 0.252 e. The molecule has 0 unspecified atom stereocenters. The van der Waals surface area contributed by atoms with Crippen LogP contribution in [0, 0.1) is 34.6 Å². The van der Waals surface area contributed by atoms with Gasteiger partial charge >= 0.3 is 0 Å². The standard InChI is InChI=1S/C16H25NO/c1-8-9(2)17-16(18)15-13(6)11(4)10(3)12(5)14(15)7/h9H,8H2,1-7H3,(H,17,18)/t9-/m0/s1. The Labute approximate surface area is 111 Å². The van der Waals surface area contributed by atoms with Gasteiger partial charge in [-0.1, -0.05) is 6.92 Å². The number of amides is 1. The number of hydrogen-bond acceptors (Lipinski definition) is 1. The maximum atomic E-state index is 12.4. The van der Waals surface area contributed by atoms with E-state index in [2.05, 4.69) is 33.0 Å². The van der Waals surface area contributed by atoms with Crippen LogP contribution >= 0.6 is 0 Å². The summed E-state index contributed by atoms with van der Waals surface area (Å²) >= 11 is 0. The maximum absolute atomic E-state index is 12.4. The van der Waals surface area contributed by atoms with E-state index in [1.165, 1.54) is 16.7 Å². The summed E-state index contributed by atoms with van der Waals surface area (Å²) < 4.78 is 0. The predicted octanol–water partition coefficient (Wildman–Crippen LogP) is 3.76. The molecule has 2 nitrogen and oxygen atoms in total. The smallest absolute Gasteiger partial charge is 0.252 e. The Hall–Kier alpha value is -1.31. The van der Waals surface area contributed by atoms with Crippen molar-refractivity contribution in [2.45, 2.75) is 60.9 Å². The number of carbonyl (C=O) groups is 1.